The third-order valence-corrected chi connectivity index (χ3v) is 5.73. The van der Waals surface area contributed by atoms with E-state index in [1.165, 1.54) is 11.8 Å². The molecular weight excluding hydrogens is 382 g/mol. The van der Waals surface area contributed by atoms with Gasteiger partial charge >= 0.3 is 0 Å². The van der Waals surface area contributed by atoms with Crippen LogP contribution in [0.4, 0.5) is 11.4 Å². The van der Waals surface area contributed by atoms with E-state index in [0.717, 1.165) is 23.5 Å². The standard InChI is InChI=1S/C20H22ClN3O2S/c1-23(2)12-5-13-24-16-6-3-4-7-17(16)27-18(20(24)26)19(25)22-15-10-8-14(21)9-11-15/h3-4,6-11,18H,5,12-13H2,1-2H3,(H,22,25). The SMILES string of the molecule is CN(C)CCCN1C(=O)C(C(=O)Nc2ccc(Cl)cc2)Sc2ccccc21. The molecule has 0 bridgehead atoms. The third-order valence-electron chi connectivity index (χ3n) is 4.23. The zero-order valence-corrected chi connectivity index (χ0v) is 16.9. The smallest absolute Gasteiger partial charge is 0.250 e. The molecule has 1 aliphatic rings. The molecule has 142 valence electrons. The summed E-state index contributed by atoms with van der Waals surface area (Å²) >= 11 is 7.18. The maximum absolute atomic E-state index is 13.1. The van der Waals surface area contributed by atoms with Gasteiger partial charge in [-0.15, -0.1) is 11.8 Å². The van der Waals surface area contributed by atoms with Crippen LogP contribution < -0.4 is 10.2 Å². The van der Waals surface area contributed by atoms with Gasteiger partial charge in [-0.1, -0.05) is 23.7 Å². The molecular formula is C20H22ClN3O2S. The number of hydrogen-bond donors (Lipinski definition) is 1. The highest BCUT2D eigenvalue weighted by Gasteiger charge is 2.37. The lowest BCUT2D eigenvalue weighted by Crippen LogP contribution is -2.47. The fraction of sp³-hybridized carbons (Fsp3) is 0.300. The molecule has 2 aromatic carbocycles. The summed E-state index contributed by atoms with van der Waals surface area (Å²) < 4.78 is 0. The Morgan fingerprint density at radius 3 is 2.59 bits per heavy atom. The van der Waals surface area contributed by atoms with Crippen LogP contribution in [0.15, 0.2) is 53.4 Å². The quantitative estimate of drug-likeness (QED) is 0.746. The molecule has 5 nitrogen and oxygen atoms in total. The lowest BCUT2D eigenvalue weighted by Gasteiger charge is -2.33. The van der Waals surface area contributed by atoms with Crippen LogP contribution >= 0.6 is 23.4 Å². The van der Waals surface area contributed by atoms with E-state index in [1.807, 2.05) is 38.4 Å². The third kappa shape index (κ3) is 4.83. The number of rotatable bonds is 6. The number of amides is 2. The Balaban J connectivity index is 1.78. The monoisotopic (exact) mass is 403 g/mol. The molecule has 1 N–H and O–H groups in total. The summed E-state index contributed by atoms with van der Waals surface area (Å²) in [6.45, 7) is 1.46. The van der Waals surface area contributed by atoms with Crippen LogP contribution in [0.1, 0.15) is 6.42 Å². The van der Waals surface area contributed by atoms with Gasteiger partial charge in [-0.25, -0.2) is 0 Å². The predicted molar refractivity (Wildman–Crippen MR) is 112 cm³/mol. The molecule has 0 saturated carbocycles. The van der Waals surface area contributed by atoms with Crippen molar-refractivity contribution >= 4 is 46.6 Å². The van der Waals surface area contributed by atoms with Crippen molar-refractivity contribution in [3.05, 3.63) is 53.6 Å². The molecule has 0 radical (unpaired) electrons. The minimum Gasteiger partial charge on any atom is -0.325 e. The molecule has 7 heteroatoms. The van der Waals surface area contributed by atoms with Gasteiger partial charge in [-0.3, -0.25) is 9.59 Å². The first-order chi connectivity index (χ1) is 13.0. The Bertz CT molecular complexity index is 826. The van der Waals surface area contributed by atoms with Crippen LogP contribution in [0, 0.1) is 0 Å². The first kappa shape index (κ1) is 19.7. The summed E-state index contributed by atoms with van der Waals surface area (Å²) in [5, 5.41) is 2.61. The molecule has 3 rings (SSSR count). The predicted octanol–water partition coefficient (Wildman–Crippen LogP) is 3.74. The summed E-state index contributed by atoms with van der Waals surface area (Å²) in [6.07, 6.45) is 0.837. The topological polar surface area (TPSA) is 52.7 Å². The van der Waals surface area contributed by atoms with Crippen molar-refractivity contribution in [1.29, 1.82) is 0 Å². The first-order valence-corrected chi connectivity index (χ1v) is 9.99. The van der Waals surface area contributed by atoms with Crippen LogP contribution in [0.5, 0.6) is 0 Å². The molecule has 1 heterocycles. The van der Waals surface area contributed by atoms with Gasteiger partial charge in [0.15, 0.2) is 5.25 Å². The first-order valence-electron chi connectivity index (χ1n) is 8.74. The zero-order valence-electron chi connectivity index (χ0n) is 15.3. The average molecular weight is 404 g/mol. The van der Waals surface area contributed by atoms with Crippen molar-refractivity contribution in [3.63, 3.8) is 0 Å². The normalized spacial score (nSPS) is 16.4. The van der Waals surface area contributed by atoms with E-state index in [1.54, 1.807) is 29.2 Å². The van der Waals surface area contributed by atoms with Gasteiger partial charge < -0.3 is 15.1 Å². The molecule has 2 aromatic rings. The maximum Gasteiger partial charge on any atom is 0.250 e. The highest BCUT2D eigenvalue weighted by molar-refractivity contribution is 8.01. The molecule has 1 atom stereocenters. The van der Waals surface area contributed by atoms with Crippen molar-refractivity contribution in [3.8, 4) is 0 Å². The molecule has 0 saturated heterocycles. The Hall–Kier alpha value is -2.02. The van der Waals surface area contributed by atoms with Crippen molar-refractivity contribution in [2.75, 3.05) is 37.4 Å². The fourth-order valence-corrected chi connectivity index (χ4v) is 4.13. The number of carbonyl (C=O) groups is 2. The van der Waals surface area contributed by atoms with Gasteiger partial charge in [0.25, 0.3) is 0 Å². The average Bonchev–Trinajstić information content (AvgIpc) is 2.64. The van der Waals surface area contributed by atoms with Crippen LogP contribution in [0.25, 0.3) is 0 Å². The minimum absolute atomic E-state index is 0.177. The number of para-hydroxylation sites is 1. The second-order valence-electron chi connectivity index (χ2n) is 6.61. The molecule has 2 amide bonds. The maximum atomic E-state index is 13.1. The number of nitrogens with zero attached hydrogens (tertiary/aromatic N) is 2. The summed E-state index contributed by atoms with van der Waals surface area (Å²) in [6, 6.07) is 14.6. The highest BCUT2D eigenvalue weighted by atomic mass is 35.5. The lowest BCUT2D eigenvalue weighted by atomic mass is 10.2. The number of thioether (sulfide) groups is 1. The van der Waals surface area contributed by atoms with Gasteiger partial charge in [0.05, 0.1) is 5.69 Å². The van der Waals surface area contributed by atoms with Crippen LogP contribution in [-0.4, -0.2) is 49.1 Å². The van der Waals surface area contributed by atoms with Gasteiger partial charge in [0.1, 0.15) is 0 Å². The molecule has 0 aliphatic carbocycles. The number of benzene rings is 2. The molecule has 1 unspecified atom stereocenters. The number of halogens is 1. The molecule has 1 aliphatic heterocycles. The number of hydrogen-bond acceptors (Lipinski definition) is 4. The van der Waals surface area contributed by atoms with E-state index in [9.17, 15) is 9.59 Å². The molecule has 0 aromatic heterocycles. The Morgan fingerprint density at radius 2 is 1.89 bits per heavy atom. The van der Waals surface area contributed by atoms with E-state index >= 15 is 0 Å². The van der Waals surface area contributed by atoms with E-state index in [2.05, 4.69) is 10.2 Å². The lowest BCUT2D eigenvalue weighted by molar-refractivity contribution is -0.124. The van der Waals surface area contributed by atoms with Gasteiger partial charge in [0.2, 0.25) is 11.8 Å². The zero-order chi connectivity index (χ0) is 19.4. The largest absolute Gasteiger partial charge is 0.325 e. The van der Waals surface area contributed by atoms with Crippen molar-refractivity contribution in [1.82, 2.24) is 4.90 Å². The van der Waals surface area contributed by atoms with E-state index < -0.39 is 5.25 Å². The van der Waals surface area contributed by atoms with Crippen molar-refractivity contribution in [2.45, 2.75) is 16.6 Å². The highest BCUT2D eigenvalue weighted by Crippen LogP contribution is 2.39. The van der Waals surface area contributed by atoms with E-state index in [0.29, 0.717) is 17.3 Å². The van der Waals surface area contributed by atoms with Gasteiger partial charge in [0, 0.05) is 22.2 Å². The summed E-state index contributed by atoms with van der Waals surface area (Å²) in [7, 11) is 4.01. The molecule has 0 spiro atoms. The minimum atomic E-state index is -0.810. The number of carbonyl (C=O) groups excluding carboxylic acids is 2. The Labute approximate surface area is 168 Å². The fourth-order valence-electron chi connectivity index (χ4n) is 2.90. The van der Waals surface area contributed by atoms with Crippen molar-refractivity contribution in [2.24, 2.45) is 0 Å². The van der Waals surface area contributed by atoms with Gasteiger partial charge in [-0.2, -0.15) is 0 Å². The van der Waals surface area contributed by atoms with E-state index in [4.69, 9.17) is 11.6 Å². The second kappa shape index (κ2) is 8.78. The van der Waals surface area contributed by atoms with Crippen LogP contribution in [0.2, 0.25) is 5.02 Å². The number of nitrogens with one attached hydrogen (secondary N) is 1. The van der Waals surface area contributed by atoms with Crippen LogP contribution in [-0.2, 0) is 9.59 Å². The Kier molecular flexibility index (Phi) is 6.42. The summed E-state index contributed by atoms with van der Waals surface area (Å²) in [5.41, 5.74) is 1.50. The Morgan fingerprint density at radius 1 is 1.19 bits per heavy atom. The van der Waals surface area contributed by atoms with Gasteiger partial charge in [-0.05, 0) is 63.5 Å². The number of anilines is 2. The summed E-state index contributed by atoms with van der Waals surface area (Å²) in [5.74, 6) is -0.497. The summed E-state index contributed by atoms with van der Waals surface area (Å²) in [4.78, 5) is 30.6. The van der Waals surface area contributed by atoms with E-state index in [-0.39, 0.29) is 11.8 Å². The molecule has 0 fully saturated rings. The second-order valence-corrected chi connectivity index (χ2v) is 8.19. The number of fused-ring (bicyclic) bond motifs is 1. The van der Waals surface area contributed by atoms with Crippen molar-refractivity contribution < 1.29 is 9.59 Å². The van der Waals surface area contributed by atoms with Crippen LogP contribution in [0.3, 0.4) is 0 Å². The molecule has 27 heavy (non-hydrogen) atoms.